The van der Waals surface area contributed by atoms with E-state index in [-0.39, 0.29) is 17.4 Å². The molecule has 0 aliphatic carbocycles. The zero-order valence-electron chi connectivity index (χ0n) is 10.9. The number of hydrogen-bond acceptors (Lipinski definition) is 5. The van der Waals surface area contributed by atoms with Gasteiger partial charge in [-0.15, -0.1) is 0 Å². The van der Waals surface area contributed by atoms with Crippen LogP contribution in [0.15, 0.2) is 9.59 Å². The van der Waals surface area contributed by atoms with E-state index in [1.54, 1.807) is 14.0 Å². The molecule has 0 aliphatic rings. The molecule has 0 fully saturated rings. The fourth-order valence-corrected chi connectivity index (χ4v) is 1.69. The molecule has 0 aromatic carbocycles. The summed E-state index contributed by atoms with van der Waals surface area (Å²) in [4.78, 5) is 25.4. The van der Waals surface area contributed by atoms with Crippen LogP contribution in [0.1, 0.15) is 13.8 Å². The van der Waals surface area contributed by atoms with Crippen molar-refractivity contribution in [2.75, 3.05) is 31.3 Å². The van der Waals surface area contributed by atoms with Crippen molar-refractivity contribution in [1.29, 1.82) is 0 Å². The van der Waals surface area contributed by atoms with Crippen LogP contribution in [0.2, 0.25) is 0 Å². The summed E-state index contributed by atoms with van der Waals surface area (Å²) in [5, 5.41) is 2.96. The molecule has 1 aromatic heterocycles. The lowest BCUT2D eigenvalue weighted by Crippen LogP contribution is -2.34. The molecule has 0 amide bonds. The van der Waals surface area contributed by atoms with Gasteiger partial charge >= 0.3 is 5.69 Å². The maximum Gasteiger partial charge on any atom is 0.330 e. The third-order valence-corrected chi connectivity index (χ3v) is 2.63. The first-order valence-electron chi connectivity index (χ1n) is 5.86. The van der Waals surface area contributed by atoms with Gasteiger partial charge in [0.15, 0.2) is 0 Å². The standard InChI is InChI=1S/C11H20N4O3/c1-4-15-9(12)8(10(16)14-11(15)17)13-5-7(2)6-18-3/h7,13H,4-6,12H2,1-3H3,(H,14,16,17). The van der Waals surface area contributed by atoms with Crippen molar-refractivity contribution in [2.45, 2.75) is 20.4 Å². The number of aromatic amines is 1. The molecule has 1 atom stereocenters. The monoisotopic (exact) mass is 256 g/mol. The molecule has 0 bridgehead atoms. The van der Waals surface area contributed by atoms with Gasteiger partial charge in [0.25, 0.3) is 5.56 Å². The van der Waals surface area contributed by atoms with Crippen LogP contribution in [0.4, 0.5) is 11.5 Å². The number of H-pyrrole nitrogens is 1. The maximum atomic E-state index is 11.7. The second-order valence-corrected chi connectivity index (χ2v) is 4.21. The van der Waals surface area contributed by atoms with Crippen LogP contribution in [-0.4, -0.2) is 29.8 Å². The Labute approximate surface area is 105 Å². The van der Waals surface area contributed by atoms with Gasteiger partial charge in [-0.2, -0.15) is 0 Å². The van der Waals surface area contributed by atoms with Gasteiger partial charge in [0, 0.05) is 20.2 Å². The highest BCUT2D eigenvalue weighted by atomic mass is 16.5. The third kappa shape index (κ3) is 3.13. The Kier molecular flexibility index (Phi) is 4.96. The fourth-order valence-electron chi connectivity index (χ4n) is 1.69. The Balaban J connectivity index is 2.96. The molecule has 7 nitrogen and oxygen atoms in total. The summed E-state index contributed by atoms with van der Waals surface area (Å²) >= 11 is 0. The van der Waals surface area contributed by atoms with Crippen molar-refractivity contribution in [3.8, 4) is 0 Å². The Hall–Kier alpha value is -1.76. The second-order valence-electron chi connectivity index (χ2n) is 4.21. The molecule has 1 aromatic rings. The van der Waals surface area contributed by atoms with Crippen LogP contribution in [0.3, 0.4) is 0 Å². The summed E-state index contributed by atoms with van der Waals surface area (Å²) in [6.07, 6.45) is 0. The molecule has 102 valence electrons. The minimum absolute atomic E-state index is 0.163. The Morgan fingerprint density at radius 3 is 2.72 bits per heavy atom. The molecule has 0 aliphatic heterocycles. The normalized spacial score (nSPS) is 12.4. The lowest BCUT2D eigenvalue weighted by Gasteiger charge is -2.15. The molecular formula is C11H20N4O3. The van der Waals surface area contributed by atoms with E-state index in [1.807, 2.05) is 6.92 Å². The Morgan fingerprint density at radius 1 is 1.50 bits per heavy atom. The highest BCUT2D eigenvalue weighted by molar-refractivity contribution is 5.60. The molecule has 18 heavy (non-hydrogen) atoms. The van der Waals surface area contributed by atoms with Crippen molar-refractivity contribution >= 4 is 11.5 Å². The van der Waals surface area contributed by atoms with Crippen LogP contribution in [0, 0.1) is 5.92 Å². The number of ether oxygens (including phenoxy) is 1. The Morgan fingerprint density at radius 2 is 2.17 bits per heavy atom. The summed E-state index contributed by atoms with van der Waals surface area (Å²) in [6, 6.07) is 0. The van der Waals surface area contributed by atoms with Crippen molar-refractivity contribution < 1.29 is 4.74 Å². The molecule has 0 spiro atoms. The van der Waals surface area contributed by atoms with Gasteiger partial charge in [-0.25, -0.2) is 4.79 Å². The lowest BCUT2D eigenvalue weighted by molar-refractivity contribution is 0.164. The predicted molar refractivity (Wildman–Crippen MR) is 70.9 cm³/mol. The zero-order valence-corrected chi connectivity index (χ0v) is 10.9. The van der Waals surface area contributed by atoms with Crippen molar-refractivity contribution in [2.24, 2.45) is 5.92 Å². The summed E-state index contributed by atoms with van der Waals surface area (Å²) in [6.45, 7) is 5.30. The lowest BCUT2D eigenvalue weighted by atomic mass is 10.2. The SMILES string of the molecule is CCn1c(N)c(NCC(C)COC)c(=O)[nH]c1=O. The first-order chi connectivity index (χ1) is 8.51. The van der Waals surface area contributed by atoms with Gasteiger partial charge in [-0.05, 0) is 12.8 Å². The number of nitrogen functional groups attached to an aromatic ring is 1. The van der Waals surface area contributed by atoms with Crippen LogP contribution >= 0.6 is 0 Å². The molecule has 1 rings (SSSR count). The van der Waals surface area contributed by atoms with Gasteiger partial charge < -0.3 is 15.8 Å². The predicted octanol–water partition coefficient (Wildman–Crippen LogP) is -0.167. The molecular weight excluding hydrogens is 236 g/mol. The van der Waals surface area contributed by atoms with Crippen LogP contribution in [0.5, 0.6) is 0 Å². The fraction of sp³-hybridized carbons (Fsp3) is 0.636. The smallest absolute Gasteiger partial charge is 0.330 e. The molecule has 4 N–H and O–H groups in total. The van der Waals surface area contributed by atoms with E-state index < -0.39 is 11.2 Å². The first kappa shape index (κ1) is 14.3. The van der Waals surface area contributed by atoms with Crippen molar-refractivity contribution in [3.05, 3.63) is 20.8 Å². The highest BCUT2D eigenvalue weighted by Crippen LogP contribution is 2.10. The molecule has 0 saturated heterocycles. The molecule has 1 heterocycles. The largest absolute Gasteiger partial charge is 0.384 e. The van der Waals surface area contributed by atoms with Crippen molar-refractivity contribution in [1.82, 2.24) is 9.55 Å². The molecule has 0 saturated carbocycles. The second kappa shape index (κ2) is 6.25. The summed E-state index contributed by atoms with van der Waals surface area (Å²) in [5.74, 6) is 0.395. The van der Waals surface area contributed by atoms with E-state index in [1.165, 1.54) is 4.57 Å². The number of anilines is 2. The number of aromatic nitrogens is 2. The number of nitrogens with zero attached hydrogens (tertiary/aromatic N) is 1. The molecule has 0 radical (unpaired) electrons. The minimum Gasteiger partial charge on any atom is -0.384 e. The number of rotatable bonds is 6. The van der Waals surface area contributed by atoms with Gasteiger partial charge in [0.2, 0.25) is 0 Å². The van der Waals surface area contributed by atoms with E-state index in [9.17, 15) is 9.59 Å². The summed E-state index contributed by atoms with van der Waals surface area (Å²) < 4.78 is 6.31. The number of nitrogens with one attached hydrogen (secondary N) is 2. The van der Waals surface area contributed by atoms with E-state index in [2.05, 4.69) is 10.3 Å². The number of hydrogen-bond donors (Lipinski definition) is 3. The number of nitrogens with two attached hydrogens (primary N) is 1. The van der Waals surface area contributed by atoms with Crippen LogP contribution in [-0.2, 0) is 11.3 Å². The van der Waals surface area contributed by atoms with E-state index in [0.29, 0.717) is 19.7 Å². The van der Waals surface area contributed by atoms with Crippen LogP contribution in [0.25, 0.3) is 0 Å². The van der Waals surface area contributed by atoms with E-state index in [4.69, 9.17) is 10.5 Å². The van der Waals surface area contributed by atoms with Gasteiger partial charge in [0.1, 0.15) is 11.5 Å². The topological polar surface area (TPSA) is 102 Å². The van der Waals surface area contributed by atoms with Crippen LogP contribution < -0.4 is 22.3 Å². The molecule has 1 unspecified atom stereocenters. The molecule has 7 heteroatoms. The van der Waals surface area contributed by atoms with Gasteiger partial charge in [0.05, 0.1) is 6.61 Å². The summed E-state index contributed by atoms with van der Waals surface area (Å²) in [5.41, 5.74) is 5.06. The van der Waals surface area contributed by atoms with Gasteiger partial charge in [-0.3, -0.25) is 14.3 Å². The van der Waals surface area contributed by atoms with E-state index >= 15 is 0 Å². The average molecular weight is 256 g/mol. The first-order valence-corrected chi connectivity index (χ1v) is 5.86. The van der Waals surface area contributed by atoms with Crippen molar-refractivity contribution in [3.63, 3.8) is 0 Å². The Bertz CT molecular complexity index is 506. The summed E-state index contributed by atoms with van der Waals surface area (Å²) in [7, 11) is 1.62. The quantitative estimate of drug-likeness (QED) is 0.656. The zero-order chi connectivity index (χ0) is 13.7. The highest BCUT2D eigenvalue weighted by Gasteiger charge is 2.11. The minimum atomic E-state index is -0.494. The third-order valence-electron chi connectivity index (χ3n) is 2.63. The van der Waals surface area contributed by atoms with E-state index in [0.717, 1.165) is 0 Å². The van der Waals surface area contributed by atoms with Gasteiger partial charge in [-0.1, -0.05) is 6.92 Å². The average Bonchev–Trinajstić information content (AvgIpc) is 2.29. The number of methoxy groups -OCH3 is 1. The maximum absolute atomic E-state index is 11.7.